The molecule has 170 valence electrons. The Balaban J connectivity index is -0.000000170. The maximum absolute atomic E-state index is 11.3. The Labute approximate surface area is 210 Å². The molecule has 0 aliphatic rings. The van der Waals surface area contributed by atoms with Gasteiger partial charge in [-0.1, -0.05) is 62.6 Å². The Bertz CT molecular complexity index is 531. The number of hydrogen-bond donors (Lipinski definition) is 0. The molecule has 0 aliphatic heterocycles. The summed E-state index contributed by atoms with van der Waals surface area (Å²) in [4.78, 5) is 42.0. The van der Waals surface area contributed by atoms with Gasteiger partial charge in [-0.05, 0) is 70.4 Å². The van der Waals surface area contributed by atoms with Gasteiger partial charge in [0.25, 0.3) is 0 Å². The zero-order chi connectivity index (χ0) is 22.9. The van der Waals surface area contributed by atoms with Crippen molar-refractivity contribution in [3.8, 4) is 0 Å². The molecule has 0 rings (SSSR count). The van der Waals surface area contributed by atoms with Crippen molar-refractivity contribution in [2.75, 3.05) is 4.43 Å². The van der Waals surface area contributed by atoms with Gasteiger partial charge in [0, 0.05) is 36.5 Å². The molecule has 0 saturated heterocycles. The molecular weight excluding hydrogens is 617 g/mol. The van der Waals surface area contributed by atoms with Crippen LogP contribution in [0.2, 0.25) is 0 Å². The van der Waals surface area contributed by atoms with E-state index in [0.717, 1.165) is 5.57 Å². The number of allylic oxidation sites excluding steroid dienone is 2. The summed E-state index contributed by atoms with van der Waals surface area (Å²) in [6, 6.07) is 0. The monoisotopic (exact) mass is 654 g/mol. The van der Waals surface area contributed by atoms with E-state index in [1.165, 1.54) is 21.9 Å². The largest absolute Gasteiger partial charge is 0.300 e. The molecule has 0 N–H and O–H groups in total. The highest BCUT2D eigenvalue weighted by atomic mass is 127. The predicted octanol–water partition coefficient (Wildman–Crippen LogP) is 7.29. The van der Waals surface area contributed by atoms with Crippen molar-refractivity contribution < 1.29 is 19.2 Å². The van der Waals surface area contributed by atoms with Gasteiger partial charge in [-0.25, -0.2) is 0 Å². The van der Waals surface area contributed by atoms with Gasteiger partial charge in [0.15, 0.2) is 0 Å². The Morgan fingerprint density at radius 2 is 1.28 bits per heavy atom. The molecular formula is C22H37ClI2O4. The highest BCUT2D eigenvalue weighted by molar-refractivity contribution is 14.1. The van der Waals surface area contributed by atoms with Crippen molar-refractivity contribution in [1.29, 1.82) is 0 Å². The molecule has 2 atom stereocenters. The summed E-state index contributed by atoms with van der Waals surface area (Å²) in [6.07, 6.45) is 1.70. The Hall–Kier alpha value is -0.0900. The number of carbonyl (C=O) groups excluding carboxylic acids is 4. The quantitative estimate of drug-likeness (QED) is 0.102. The summed E-state index contributed by atoms with van der Waals surface area (Å²) in [7, 11) is 0. The fourth-order valence-corrected chi connectivity index (χ4v) is 2.98. The molecule has 0 aliphatic carbocycles. The molecule has 0 aromatic carbocycles. The van der Waals surface area contributed by atoms with Gasteiger partial charge >= 0.3 is 0 Å². The van der Waals surface area contributed by atoms with Crippen LogP contribution in [0.3, 0.4) is 0 Å². The second-order valence-corrected chi connectivity index (χ2v) is 9.44. The molecule has 0 saturated carbocycles. The van der Waals surface area contributed by atoms with Gasteiger partial charge in [0.05, 0.1) is 0 Å². The molecule has 7 heteroatoms. The molecule has 0 fully saturated rings. The minimum Gasteiger partial charge on any atom is -0.300 e. The fraction of sp³-hybridized carbons (Fsp3) is 0.636. The molecule has 0 spiro atoms. The lowest BCUT2D eigenvalue weighted by molar-refractivity contribution is -0.123. The van der Waals surface area contributed by atoms with E-state index in [9.17, 15) is 19.2 Å². The average Bonchev–Trinajstić information content (AvgIpc) is 2.58. The summed E-state index contributed by atoms with van der Waals surface area (Å²) in [5.74, 6) is 1.15. The number of hydrogen-bond acceptors (Lipinski definition) is 4. The third kappa shape index (κ3) is 32.8. The number of halogens is 3. The molecule has 0 aromatic heterocycles. The Morgan fingerprint density at radius 3 is 1.48 bits per heavy atom. The lowest BCUT2D eigenvalue weighted by Gasteiger charge is -2.08. The minimum atomic E-state index is -0.444. The average molecular weight is 655 g/mol. The van der Waals surface area contributed by atoms with Crippen molar-refractivity contribution in [2.45, 2.75) is 74.1 Å². The molecule has 0 heterocycles. The van der Waals surface area contributed by atoms with E-state index in [1.807, 2.05) is 13.8 Å². The van der Waals surface area contributed by atoms with Crippen LogP contribution in [0.15, 0.2) is 22.3 Å². The molecule has 0 aromatic rings. The third-order valence-corrected chi connectivity index (χ3v) is 6.14. The van der Waals surface area contributed by atoms with Gasteiger partial charge in [0.1, 0.15) is 17.3 Å². The van der Waals surface area contributed by atoms with E-state index in [1.54, 1.807) is 0 Å². The first kappa shape index (κ1) is 36.3. The van der Waals surface area contributed by atoms with E-state index in [4.69, 9.17) is 11.6 Å². The maximum Gasteiger partial charge on any atom is 0.222 e. The summed E-state index contributed by atoms with van der Waals surface area (Å²) in [5.41, 5.74) is 1.02. The Kier molecular flexibility index (Phi) is 28.3. The molecule has 0 bridgehead atoms. The lowest BCUT2D eigenvalue weighted by Crippen LogP contribution is -2.07. The van der Waals surface area contributed by atoms with E-state index in [0.29, 0.717) is 25.2 Å². The number of alkyl halides is 1. The van der Waals surface area contributed by atoms with Crippen molar-refractivity contribution >= 4 is 79.4 Å². The van der Waals surface area contributed by atoms with Crippen LogP contribution in [-0.4, -0.2) is 27.0 Å². The second-order valence-electron chi connectivity index (χ2n) is 6.75. The van der Waals surface area contributed by atoms with Crippen LogP contribution < -0.4 is 0 Å². The Morgan fingerprint density at radius 1 is 0.862 bits per heavy atom. The first-order valence-electron chi connectivity index (χ1n) is 8.99. The zero-order valence-corrected chi connectivity index (χ0v) is 22.6. The van der Waals surface area contributed by atoms with Crippen LogP contribution in [0, 0.1) is 11.8 Å². The molecule has 29 heavy (non-hydrogen) atoms. The minimum absolute atomic E-state index is 0. The van der Waals surface area contributed by atoms with Crippen molar-refractivity contribution in [1.82, 2.24) is 0 Å². The summed E-state index contributed by atoms with van der Waals surface area (Å²) >= 11 is 9.56. The summed E-state index contributed by atoms with van der Waals surface area (Å²) in [6.45, 7) is 16.6. The van der Waals surface area contributed by atoms with Crippen LogP contribution in [0.25, 0.3) is 0 Å². The number of Topliss-reactive ketones (excluding diaryl/α,β-unsaturated/α-hetero) is 3. The second kappa shape index (κ2) is 22.6. The highest BCUT2D eigenvalue weighted by Gasteiger charge is 2.09. The van der Waals surface area contributed by atoms with Gasteiger partial charge in [-0.15, -0.1) is 0 Å². The van der Waals surface area contributed by atoms with Crippen LogP contribution >= 0.6 is 56.8 Å². The summed E-state index contributed by atoms with van der Waals surface area (Å²) < 4.78 is 2.44. The maximum atomic E-state index is 11.3. The summed E-state index contributed by atoms with van der Waals surface area (Å²) in [5, 5.41) is -0.444. The highest BCUT2D eigenvalue weighted by Crippen LogP contribution is 2.17. The van der Waals surface area contributed by atoms with Crippen molar-refractivity contribution in [3.63, 3.8) is 0 Å². The predicted molar refractivity (Wildman–Crippen MR) is 142 cm³/mol. The zero-order valence-electron chi connectivity index (χ0n) is 17.6. The SMILES string of the molecule is C.C=C(C)[C@H](C)CC(=O)CCC(C)=O.C=C(I)[C@H](C)CI.CC(=O)CCC(=O)Cl. The topological polar surface area (TPSA) is 68.3 Å². The van der Waals surface area contributed by atoms with E-state index >= 15 is 0 Å². The van der Waals surface area contributed by atoms with Crippen LogP contribution in [0.4, 0.5) is 0 Å². The van der Waals surface area contributed by atoms with Crippen molar-refractivity contribution in [3.05, 3.63) is 22.3 Å². The molecule has 0 amide bonds. The van der Waals surface area contributed by atoms with Crippen molar-refractivity contribution in [2.24, 2.45) is 11.8 Å². The number of carbonyl (C=O) groups is 4. The number of ketones is 3. The van der Waals surface area contributed by atoms with E-state index < -0.39 is 5.24 Å². The fourth-order valence-electron chi connectivity index (χ4n) is 1.29. The van der Waals surface area contributed by atoms with Gasteiger partial charge in [-0.3, -0.25) is 9.59 Å². The van der Waals surface area contributed by atoms with Gasteiger partial charge in [0.2, 0.25) is 5.24 Å². The van der Waals surface area contributed by atoms with Gasteiger partial charge < -0.3 is 9.59 Å². The van der Waals surface area contributed by atoms with Crippen LogP contribution in [0.5, 0.6) is 0 Å². The van der Waals surface area contributed by atoms with Gasteiger partial charge in [-0.2, -0.15) is 0 Å². The first-order valence-corrected chi connectivity index (χ1v) is 12.0. The standard InChI is InChI=1S/C11H18O2.C5H7ClO2.C5H8I2.CH4/c1-8(2)9(3)7-11(13)6-5-10(4)12;1-4(7)2-3-5(6)8;1-4(3-6)5(2)7;/h9H,1,5-7H2,2-4H3;2-3H2,1H3;4H,2-3H2,1H3;1H4/t9-;;4-;/m1.1./s1. The first-order chi connectivity index (χ1) is 12.7. The van der Waals surface area contributed by atoms with Crippen LogP contribution in [-0.2, 0) is 19.2 Å². The number of rotatable bonds is 11. The normalized spacial score (nSPS) is 11.2. The lowest BCUT2D eigenvalue weighted by atomic mass is 9.96. The van der Waals surface area contributed by atoms with E-state index in [-0.39, 0.29) is 43.5 Å². The molecule has 0 radical (unpaired) electrons. The third-order valence-electron chi connectivity index (χ3n) is 3.57. The van der Waals surface area contributed by atoms with E-state index in [2.05, 4.69) is 65.3 Å². The smallest absolute Gasteiger partial charge is 0.222 e. The molecule has 4 nitrogen and oxygen atoms in total. The molecule has 0 unspecified atom stereocenters. The van der Waals surface area contributed by atoms with Crippen LogP contribution in [0.1, 0.15) is 74.1 Å².